The summed E-state index contributed by atoms with van der Waals surface area (Å²) in [6, 6.07) is 1.93. The van der Waals surface area contributed by atoms with Gasteiger partial charge in [0.25, 0.3) is 0 Å². The SMILES string of the molecule is Clc1nc(-c2cn[nH]c2)c2sccc2n1. The van der Waals surface area contributed by atoms with Crippen molar-refractivity contribution < 1.29 is 0 Å². The highest BCUT2D eigenvalue weighted by Crippen LogP contribution is 2.30. The van der Waals surface area contributed by atoms with Gasteiger partial charge in [0, 0.05) is 11.8 Å². The zero-order valence-electron chi connectivity index (χ0n) is 7.44. The van der Waals surface area contributed by atoms with Crippen molar-refractivity contribution in [1.29, 1.82) is 0 Å². The van der Waals surface area contributed by atoms with Crippen LogP contribution in [0.5, 0.6) is 0 Å². The van der Waals surface area contributed by atoms with E-state index < -0.39 is 0 Å². The van der Waals surface area contributed by atoms with Crippen LogP contribution in [-0.4, -0.2) is 20.2 Å². The van der Waals surface area contributed by atoms with Crippen molar-refractivity contribution >= 4 is 33.2 Å². The van der Waals surface area contributed by atoms with Crippen molar-refractivity contribution in [1.82, 2.24) is 20.2 Å². The number of aromatic amines is 1. The van der Waals surface area contributed by atoms with Gasteiger partial charge in [0.15, 0.2) is 0 Å². The van der Waals surface area contributed by atoms with Crippen molar-refractivity contribution in [3.8, 4) is 11.3 Å². The number of thiophene rings is 1. The fourth-order valence-electron chi connectivity index (χ4n) is 1.41. The Balaban J connectivity index is 2.38. The van der Waals surface area contributed by atoms with Gasteiger partial charge in [-0.1, -0.05) is 0 Å². The molecule has 0 saturated heterocycles. The third-order valence-corrected chi connectivity index (χ3v) is 3.13. The lowest BCUT2D eigenvalue weighted by Crippen LogP contribution is -1.86. The monoisotopic (exact) mass is 236 g/mol. The fourth-order valence-corrected chi connectivity index (χ4v) is 2.43. The van der Waals surface area contributed by atoms with Crippen LogP contribution in [0.4, 0.5) is 0 Å². The summed E-state index contributed by atoms with van der Waals surface area (Å²) in [7, 11) is 0. The van der Waals surface area contributed by atoms with E-state index in [9.17, 15) is 0 Å². The summed E-state index contributed by atoms with van der Waals surface area (Å²) in [5.41, 5.74) is 2.62. The average Bonchev–Trinajstić information content (AvgIpc) is 2.86. The number of H-pyrrole nitrogens is 1. The Hall–Kier alpha value is -1.46. The molecule has 74 valence electrons. The minimum absolute atomic E-state index is 0.261. The molecular weight excluding hydrogens is 232 g/mol. The van der Waals surface area contributed by atoms with Crippen LogP contribution >= 0.6 is 22.9 Å². The smallest absolute Gasteiger partial charge is 0.223 e. The molecule has 0 atom stereocenters. The van der Waals surface area contributed by atoms with Crippen molar-refractivity contribution in [3.05, 3.63) is 29.1 Å². The van der Waals surface area contributed by atoms with Crippen LogP contribution in [0.1, 0.15) is 0 Å². The van der Waals surface area contributed by atoms with Crippen molar-refractivity contribution in [2.75, 3.05) is 0 Å². The first-order valence-electron chi connectivity index (χ1n) is 4.24. The lowest BCUT2D eigenvalue weighted by Gasteiger charge is -1.98. The number of nitrogens with zero attached hydrogens (tertiary/aromatic N) is 3. The molecule has 0 aliphatic carbocycles. The highest BCUT2D eigenvalue weighted by Gasteiger charge is 2.10. The minimum atomic E-state index is 0.261. The molecular formula is C9H5ClN4S. The summed E-state index contributed by atoms with van der Waals surface area (Å²) >= 11 is 7.45. The molecule has 0 radical (unpaired) electrons. The summed E-state index contributed by atoms with van der Waals surface area (Å²) in [6.07, 6.45) is 3.51. The normalized spacial score (nSPS) is 11.0. The largest absolute Gasteiger partial charge is 0.285 e. The topological polar surface area (TPSA) is 54.5 Å². The predicted molar refractivity (Wildman–Crippen MR) is 60.0 cm³/mol. The Labute approximate surface area is 94.0 Å². The van der Waals surface area contributed by atoms with E-state index in [0.29, 0.717) is 0 Å². The van der Waals surface area contributed by atoms with Gasteiger partial charge >= 0.3 is 0 Å². The molecule has 3 rings (SSSR count). The number of aromatic nitrogens is 4. The third kappa shape index (κ3) is 1.40. The highest BCUT2D eigenvalue weighted by atomic mass is 35.5. The maximum Gasteiger partial charge on any atom is 0.223 e. The maximum atomic E-state index is 5.85. The molecule has 0 aromatic carbocycles. The predicted octanol–water partition coefficient (Wildman–Crippen LogP) is 2.73. The minimum Gasteiger partial charge on any atom is -0.285 e. The second-order valence-electron chi connectivity index (χ2n) is 2.96. The average molecular weight is 237 g/mol. The second kappa shape index (κ2) is 3.29. The summed E-state index contributed by atoms with van der Waals surface area (Å²) in [6.45, 7) is 0. The van der Waals surface area contributed by atoms with Gasteiger partial charge < -0.3 is 0 Å². The molecule has 0 spiro atoms. The molecule has 3 heterocycles. The summed E-state index contributed by atoms with van der Waals surface area (Å²) < 4.78 is 1.03. The maximum absolute atomic E-state index is 5.85. The molecule has 0 fully saturated rings. The molecule has 6 heteroatoms. The van der Waals surface area contributed by atoms with E-state index in [1.54, 1.807) is 23.7 Å². The zero-order chi connectivity index (χ0) is 10.3. The fraction of sp³-hybridized carbons (Fsp3) is 0. The van der Waals surface area contributed by atoms with Gasteiger partial charge in [0.05, 0.1) is 22.1 Å². The van der Waals surface area contributed by atoms with Gasteiger partial charge in [-0.2, -0.15) is 5.10 Å². The van der Waals surface area contributed by atoms with E-state index in [2.05, 4.69) is 20.2 Å². The molecule has 15 heavy (non-hydrogen) atoms. The quantitative estimate of drug-likeness (QED) is 0.661. The Bertz CT molecular complexity index is 602. The van der Waals surface area contributed by atoms with E-state index in [-0.39, 0.29) is 5.28 Å². The van der Waals surface area contributed by atoms with Crippen LogP contribution in [0.3, 0.4) is 0 Å². The van der Waals surface area contributed by atoms with E-state index in [0.717, 1.165) is 21.5 Å². The van der Waals surface area contributed by atoms with Crippen LogP contribution in [-0.2, 0) is 0 Å². The van der Waals surface area contributed by atoms with Crippen LogP contribution in [0.25, 0.3) is 21.5 Å². The standard InChI is InChI=1S/C9H5ClN4S/c10-9-13-6-1-2-15-8(6)7(14-9)5-3-11-12-4-5/h1-4H,(H,11,12). The first-order valence-corrected chi connectivity index (χ1v) is 5.50. The molecule has 4 nitrogen and oxygen atoms in total. The molecule has 0 aliphatic heterocycles. The van der Waals surface area contributed by atoms with Gasteiger partial charge in [-0.3, -0.25) is 5.10 Å². The number of fused-ring (bicyclic) bond motifs is 1. The van der Waals surface area contributed by atoms with Gasteiger partial charge in [-0.25, -0.2) is 9.97 Å². The number of hydrogen-bond donors (Lipinski definition) is 1. The van der Waals surface area contributed by atoms with Crippen LogP contribution < -0.4 is 0 Å². The van der Waals surface area contributed by atoms with Gasteiger partial charge in [-0.15, -0.1) is 11.3 Å². The number of rotatable bonds is 1. The van der Waals surface area contributed by atoms with Gasteiger partial charge in [0.2, 0.25) is 5.28 Å². The molecule has 0 aliphatic rings. The summed E-state index contributed by atoms with van der Waals surface area (Å²) in [5.74, 6) is 0. The second-order valence-corrected chi connectivity index (χ2v) is 4.22. The molecule has 3 aromatic heterocycles. The Morgan fingerprint density at radius 1 is 1.33 bits per heavy atom. The number of halogens is 1. The van der Waals surface area contributed by atoms with Gasteiger partial charge in [0.1, 0.15) is 0 Å². The molecule has 3 aromatic rings. The van der Waals surface area contributed by atoms with Gasteiger partial charge in [-0.05, 0) is 23.0 Å². The van der Waals surface area contributed by atoms with Crippen LogP contribution in [0.2, 0.25) is 5.28 Å². The van der Waals surface area contributed by atoms with E-state index >= 15 is 0 Å². The van der Waals surface area contributed by atoms with Crippen LogP contribution in [0, 0.1) is 0 Å². The zero-order valence-corrected chi connectivity index (χ0v) is 9.01. The third-order valence-electron chi connectivity index (χ3n) is 2.05. The highest BCUT2D eigenvalue weighted by molar-refractivity contribution is 7.17. The molecule has 0 unspecified atom stereocenters. The van der Waals surface area contributed by atoms with E-state index in [4.69, 9.17) is 11.6 Å². The first-order chi connectivity index (χ1) is 7.34. The Morgan fingerprint density at radius 3 is 3.07 bits per heavy atom. The number of hydrogen-bond acceptors (Lipinski definition) is 4. The lowest BCUT2D eigenvalue weighted by molar-refractivity contribution is 1.09. The Morgan fingerprint density at radius 2 is 2.27 bits per heavy atom. The lowest BCUT2D eigenvalue weighted by atomic mass is 10.2. The number of nitrogens with one attached hydrogen (secondary N) is 1. The van der Waals surface area contributed by atoms with E-state index in [1.807, 2.05) is 11.4 Å². The Kier molecular flexibility index (Phi) is 1.93. The molecule has 0 amide bonds. The molecule has 1 N–H and O–H groups in total. The van der Waals surface area contributed by atoms with Crippen molar-refractivity contribution in [2.24, 2.45) is 0 Å². The van der Waals surface area contributed by atoms with Crippen molar-refractivity contribution in [3.63, 3.8) is 0 Å². The van der Waals surface area contributed by atoms with Crippen molar-refractivity contribution in [2.45, 2.75) is 0 Å². The van der Waals surface area contributed by atoms with E-state index in [1.165, 1.54) is 0 Å². The van der Waals surface area contributed by atoms with Crippen LogP contribution in [0.15, 0.2) is 23.8 Å². The first kappa shape index (κ1) is 8.82. The summed E-state index contributed by atoms with van der Waals surface area (Å²) in [5, 5.41) is 8.88. The summed E-state index contributed by atoms with van der Waals surface area (Å²) in [4.78, 5) is 8.36. The molecule has 0 bridgehead atoms. The molecule has 0 saturated carbocycles.